The van der Waals surface area contributed by atoms with Crippen molar-refractivity contribution in [3.63, 3.8) is 0 Å². The molecule has 1 aromatic carbocycles. The van der Waals surface area contributed by atoms with E-state index in [1.54, 1.807) is 6.07 Å². The van der Waals surface area contributed by atoms with Gasteiger partial charge in [-0.3, -0.25) is 4.90 Å². The van der Waals surface area contributed by atoms with Gasteiger partial charge in [0.15, 0.2) is 11.5 Å². The molecule has 4 nitrogen and oxygen atoms in total. The van der Waals surface area contributed by atoms with Gasteiger partial charge in [-0.05, 0) is 50.4 Å². The molecule has 21 heavy (non-hydrogen) atoms. The van der Waals surface area contributed by atoms with E-state index in [1.165, 1.54) is 12.0 Å². The number of aromatic hydroxyl groups is 1. The molecular weight excluding hydrogens is 266 g/mol. The molecule has 1 unspecified atom stereocenters. The van der Waals surface area contributed by atoms with E-state index in [-0.39, 0.29) is 5.75 Å². The molecule has 1 aliphatic rings. The number of nitrogens with zero attached hydrogens (tertiary/aromatic N) is 1. The Morgan fingerprint density at radius 3 is 2.95 bits per heavy atom. The molecule has 0 amide bonds. The molecule has 0 aromatic heterocycles. The summed E-state index contributed by atoms with van der Waals surface area (Å²) in [5.74, 6) is 0.786. The van der Waals surface area contributed by atoms with Crippen LogP contribution in [0.4, 0.5) is 0 Å². The molecular formula is C17H27NO3. The fourth-order valence-electron chi connectivity index (χ4n) is 2.76. The second-order valence-corrected chi connectivity index (χ2v) is 5.61. The van der Waals surface area contributed by atoms with Crippen molar-refractivity contribution in [2.24, 2.45) is 0 Å². The highest BCUT2D eigenvalue weighted by Crippen LogP contribution is 2.28. The number of benzene rings is 1. The lowest BCUT2D eigenvalue weighted by Gasteiger charge is -2.32. The van der Waals surface area contributed by atoms with Crippen molar-refractivity contribution in [3.8, 4) is 11.5 Å². The zero-order valence-corrected chi connectivity index (χ0v) is 13.2. The summed E-state index contributed by atoms with van der Waals surface area (Å²) in [7, 11) is 0. The van der Waals surface area contributed by atoms with E-state index in [0.717, 1.165) is 39.1 Å². The van der Waals surface area contributed by atoms with Crippen LogP contribution in [0.5, 0.6) is 11.5 Å². The third kappa shape index (κ3) is 4.90. The molecule has 1 atom stereocenters. The summed E-state index contributed by atoms with van der Waals surface area (Å²) in [4.78, 5) is 2.42. The van der Waals surface area contributed by atoms with Crippen LogP contribution in [0.3, 0.4) is 0 Å². The zero-order chi connectivity index (χ0) is 15.1. The van der Waals surface area contributed by atoms with Crippen molar-refractivity contribution >= 4 is 0 Å². The Morgan fingerprint density at radius 1 is 1.33 bits per heavy atom. The average Bonchev–Trinajstić information content (AvgIpc) is 2.49. The zero-order valence-electron chi connectivity index (χ0n) is 13.2. The van der Waals surface area contributed by atoms with Crippen LogP contribution in [0.15, 0.2) is 18.2 Å². The van der Waals surface area contributed by atoms with Crippen LogP contribution in [0, 0.1) is 0 Å². The number of piperidine rings is 1. The highest BCUT2D eigenvalue weighted by Gasteiger charge is 2.20. The van der Waals surface area contributed by atoms with Crippen molar-refractivity contribution in [2.45, 2.75) is 45.8 Å². The lowest BCUT2D eigenvalue weighted by Crippen LogP contribution is -2.39. The van der Waals surface area contributed by atoms with Gasteiger partial charge >= 0.3 is 0 Å². The monoisotopic (exact) mass is 293 g/mol. The third-order valence-electron chi connectivity index (χ3n) is 3.75. The van der Waals surface area contributed by atoms with E-state index in [4.69, 9.17) is 9.47 Å². The molecule has 1 fully saturated rings. The first-order valence-corrected chi connectivity index (χ1v) is 8.01. The fraction of sp³-hybridized carbons (Fsp3) is 0.647. The first kappa shape index (κ1) is 16.1. The Balaban J connectivity index is 1.92. The predicted octanol–water partition coefficient (Wildman–Crippen LogP) is 3.18. The van der Waals surface area contributed by atoms with Gasteiger partial charge in [-0.25, -0.2) is 0 Å². The van der Waals surface area contributed by atoms with Crippen LogP contribution in [0.2, 0.25) is 0 Å². The highest BCUT2D eigenvalue weighted by molar-refractivity contribution is 5.41. The van der Waals surface area contributed by atoms with Gasteiger partial charge in [-0.2, -0.15) is 0 Å². The van der Waals surface area contributed by atoms with Crippen molar-refractivity contribution in [1.29, 1.82) is 0 Å². The van der Waals surface area contributed by atoms with E-state index < -0.39 is 0 Å². The number of hydrogen-bond donors (Lipinski definition) is 1. The summed E-state index contributed by atoms with van der Waals surface area (Å²) in [5, 5.41) is 9.75. The van der Waals surface area contributed by atoms with Crippen LogP contribution in [-0.4, -0.2) is 42.4 Å². The summed E-state index contributed by atoms with van der Waals surface area (Å²) in [6, 6.07) is 5.62. The number of rotatable bonds is 7. The molecule has 1 aromatic rings. The summed E-state index contributed by atoms with van der Waals surface area (Å²) >= 11 is 0. The fourth-order valence-corrected chi connectivity index (χ4v) is 2.76. The van der Waals surface area contributed by atoms with Gasteiger partial charge in [0.05, 0.1) is 12.7 Å². The molecule has 118 valence electrons. The van der Waals surface area contributed by atoms with Crippen LogP contribution < -0.4 is 4.74 Å². The SMILES string of the molecule is CCCOC1CCCN(Cc2ccc(O)c(OCC)c2)C1. The molecule has 0 spiro atoms. The van der Waals surface area contributed by atoms with Gasteiger partial charge in [0.1, 0.15) is 0 Å². The second-order valence-electron chi connectivity index (χ2n) is 5.61. The molecule has 0 aliphatic carbocycles. The Labute approximate surface area is 127 Å². The average molecular weight is 293 g/mol. The topological polar surface area (TPSA) is 41.9 Å². The number of phenolic OH excluding ortho intramolecular Hbond substituents is 1. The van der Waals surface area contributed by atoms with Gasteiger partial charge in [0, 0.05) is 19.7 Å². The Bertz CT molecular complexity index is 436. The number of likely N-dealkylation sites (tertiary alicyclic amines) is 1. The molecule has 0 saturated carbocycles. The predicted molar refractivity (Wildman–Crippen MR) is 83.8 cm³/mol. The van der Waals surface area contributed by atoms with Crippen LogP contribution >= 0.6 is 0 Å². The van der Waals surface area contributed by atoms with E-state index in [2.05, 4.69) is 11.8 Å². The lowest BCUT2D eigenvalue weighted by molar-refractivity contribution is -0.00224. The number of ether oxygens (including phenoxy) is 2. The summed E-state index contributed by atoms with van der Waals surface area (Å²) in [5.41, 5.74) is 1.17. The highest BCUT2D eigenvalue weighted by atomic mass is 16.5. The first-order valence-electron chi connectivity index (χ1n) is 8.01. The minimum Gasteiger partial charge on any atom is -0.504 e. The molecule has 2 rings (SSSR count). The summed E-state index contributed by atoms with van der Waals surface area (Å²) < 4.78 is 11.3. The molecule has 4 heteroatoms. The van der Waals surface area contributed by atoms with E-state index in [1.807, 2.05) is 19.1 Å². The minimum absolute atomic E-state index is 0.211. The van der Waals surface area contributed by atoms with E-state index in [9.17, 15) is 5.11 Å². The van der Waals surface area contributed by atoms with Gasteiger partial charge in [-0.15, -0.1) is 0 Å². The van der Waals surface area contributed by atoms with Gasteiger partial charge < -0.3 is 14.6 Å². The van der Waals surface area contributed by atoms with Gasteiger partial charge in [0.2, 0.25) is 0 Å². The van der Waals surface area contributed by atoms with Crippen LogP contribution in [0.1, 0.15) is 38.7 Å². The van der Waals surface area contributed by atoms with E-state index in [0.29, 0.717) is 18.5 Å². The van der Waals surface area contributed by atoms with Crippen molar-refractivity contribution in [3.05, 3.63) is 23.8 Å². The van der Waals surface area contributed by atoms with Crippen LogP contribution in [0.25, 0.3) is 0 Å². The van der Waals surface area contributed by atoms with E-state index >= 15 is 0 Å². The van der Waals surface area contributed by atoms with Crippen molar-refractivity contribution in [2.75, 3.05) is 26.3 Å². The largest absolute Gasteiger partial charge is 0.504 e. The van der Waals surface area contributed by atoms with Gasteiger partial charge in [-0.1, -0.05) is 13.0 Å². The van der Waals surface area contributed by atoms with Crippen LogP contribution in [-0.2, 0) is 11.3 Å². The van der Waals surface area contributed by atoms with Crippen molar-refractivity contribution in [1.82, 2.24) is 4.90 Å². The Hall–Kier alpha value is -1.26. The maximum atomic E-state index is 9.75. The van der Waals surface area contributed by atoms with Gasteiger partial charge in [0.25, 0.3) is 0 Å². The molecule has 1 saturated heterocycles. The number of hydrogen-bond acceptors (Lipinski definition) is 4. The molecule has 0 radical (unpaired) electrons. The Morgan fingerprint density at radius 2 is 2.19 bits per heavy atom. The van der Waals surface area contributed by atoms with Crippen molar-refractivity contribution < 1.29 is 14.6 Å². The maximum absolute atomic E-state index is 9.75. The summed E-state index contributed by atoms with van der Waals surface area (Å²) in [6.07, 6.45) is 3.79. The maximum Gasteiger partial charge on any atom is 0.161 e. The smallest absolute Gasteiger partial charge is 0.161 e. The molecule has 1 N–H and O–H groups in total. The molecule has 1 aliphatic heterocycles. The third-order valence-corrected chi connectivity index (χ3v) is 3.75. The minimum atomic E-state index is 0.211. The normalized spacial score (nSPS) is 19.6. The first-order chi connectivity index (χ1) is 10.2. The molecule has 1 heterocycles. The summed E-state index contributed by atoms with van der Waals surface area (Å²) in [6.45, 7) is 8.46. The Kier molecular flexibility index (Phi) is 6.33. The molecule has 0 bridgehead atoms. The number of phenols is 1. The quantitative estimate of drug-likeness (QED) is 0.838. The lowest BCUT2D eigenvalue weighted by atomic mass is 10.1. The standard InChI is InChI=1S/C17H27NO3/c1-3-10-21-15-6-5-9-18(13-15)12-14-7-8-16(19)17(11-14)20-4-2/h7-8,11,15,19H,3-6,9-10,12-13H2,1-2H3. The second kappa shape index (κ2) is 8.25.